The molecule has 4 aliphatic carbocycles. The van der Waals surface area contributed by atoms with Crippen LogP contribution in [0.15, 0.2) is 77.9 Å². The number of hydrogen-bond acceptors (Lipinski definition) is 4. The zero-order valence-electron chi connectivity index (χ0n) is 18.2. The molecule has 0 heterocycles. The highest BCUT2D eigenvalue weighted by Crippen LogP contribution is 2.79. The molecule has 0 aliphatic heterocycles. The smallest absolute Gasteiger partial charge is 0.114 e. The minimum atomic E-state index is -1.18. The molecule has 156 valence electrons. The summed E-state index contributed by atoms with van der Waals surface area (Å²) < 4.78 is 0. The average Bonchev–Trinajstić information content (AvgIpc) is 3.22. The fourth-order valence-corrected chi connectivity index (χ4v) is 7.61. The maximum absolute atomic E-state index is 11.0. The van der Waals surface area contributed by atoms with Crippen LogP contribution in [-0.4, -0.2) is 0 Å². The van der Waals surface area contributed by atoms with Crippen molar-refractivity contribution in [3.05, 3.63) is 94.6 Å². The van der Waals surface area contributed by atoms with Gasteiger partial charge in [-0.3, -0.25) is 0 Å². The van der Waals surface area contributed by atoms with Crippen molar-refractivity contribution in [1.29, 1.82) is 21.0 Å². The molecule has 1 fully saturated rings. The largest absolute Gasteiger partial charge is 0.198 e. The summed E-state index contributed by atoms with van der Waals surface area (Å²) in [5.74, 6) is -1.44. The monoisotopic (exact) mass is 424 g/mol. The van der Waals surface area contributed by atoms with Crippen molar-refractivity contribution >= 4 is 0 Å². The molecule has 33 heavy (non-hydrogen) atoms. The minimum Gasteiger partial charge on any atom is -0.198 e. The van der Waals surface area contributed by atoms with Crippen LogP contribution in [-0.2, 0) is 10.8 Å². The van der Waals surface area contributed by atoms with E-state index in [4.69, 9.17) is 0 Å². The summed E-state index contributed by atoms with van der Waals surface area (Å²) in [6, 6.07) is 27.8. The number of benzene rings is 2. The van der Waals surface area contributed by atoms with Crippen LogP contribution in [0.2, 0.25) is 0 Å². The van der Waals surface area contributed by atoms with Gasteiger partial charge in [0.2, 0.25) is 0 Å². The van der Waals surface area contributed by atoms with Crippen LogP contribution in [0.25, 0.3) is 0 Å². The highest BCUT2D eigenvalue weighted by molar-refractivity contribution is 5.74. The Labute approximate surface area is 193 Å². The standard InChI is InChI=1S/C29H20N4/c1-18-11-12-28-24(14-30)25(15-31)29(28,17-33)22-10-6-5-9-21(22)27(16-32)23(13-20(18)26(27)28)19-7-3-2-4-8-19/h2-12,18,23-25H,13H2,1H3/t18-,23+,24+,25+,27-,28-,29-/m1/s1. The Hall–Kier alpha value is -4.12. The van der Waals surface area contributed by atoms with E-state index in [1.807, 2.05) is 48.5 Å². The van der Waals surface area contributed by atoms with Crippen molar-refractivity contribution in [2.24, 2.45) is 23.2 Å². The lowest BCUT2D eigenvalue weighted by Gasteiger charge is -2.67. The first-order valence-electron chi connectivity index (χ1n) is 11.3. The molecule has 0 N–H and O–H groups in total. The molecule has 1 saturated carbocycles. The molecule has 4 heteroatoms. The topological polar surface area (TPSA) is 95.2 Å². The van der Waals surface area contributed by atoms with Crippen LogP contribution in [0.5, 0.6) is 0 Å². The van der Waals surface area contributed by atoms with Gasteiger partial charge < -0.3 is 0 Å². The van der Waals surface area contributed by atoms with Gasteiger partial charge in [-0.1, -0.05) is 79.2 Å². The second kappa shape index (κ2) is 6.23. The van der Waals surface area contributed by atoms with Gasteiger partial charge in [-0.15, -0.1) is 0 Å². The van der Waals surface area contributed by atoms with Gasteiger partial charge >= 0.3 is 0 Å². The van der Waals surface area contributed by atoms with Crippen molar-refractivity contribution < 1.29 is 0 Å². The van der Waals surface area contributed by atoms with E-state index in [0.717, 1.165) is 27.8 Å². The van der Waals surface area contributed by atoms with Crippen LogP contribution in [0.3, 0.4) is 0 Å². The lowest BCUT2D eigenvalue weighted by molar-refractivity contribution is -0.00694. The summed E-state index contributed by atoms with van der Waals surface area (Å²) in [5, 5.41) is 42.1. The van der Waals surface area contributed by atoms with Crippen molar-refractivity contribution in [2.45, 2.75) is 30.1 Å². The Balaban J connectivity index is 1.80. The van der Waals surface area contributed by atoms with Gasteiger partial charge in [-0.2, -0.15) is 21.0 Å². The summed E-state index contributed by atoms with van der Waals surface area (Å²) >= 11 is 0. The van der Waals surface area contributed by atoms with Gasteiger partial charge in [-0.05, 0) is 34.6 Å². The summed E-state index contributed by atoms with van der Waals surface area (Å²) in [4.78, 5) is 0. The summed E-state index contributed by atoms with van der Waals surface area (Å²) in [5.41, 5.74) is 1.58. The van der Waals surface area contributed by atoms with Crippen LogP contribution in [0, 0.1) is 68.5 Å². The molecule has 4 nitrogen and oxygen atoms in total. The lowest BCUT2D eigenvalue weighted by Crippen LogP contribution is -2.72. The van der Waals surface area contributed by atoms with Gasteiger partial charge in [0, 0.05) is 5.92 Å². The highest BCUT2D eigenvalue weighted by atomic mass is 14.8. The summed E-state index contributed by atoms with van der Waals surface area (Å²) in [6.07, 6.45) is 4.80. The van der Waals surface area contributed by atoms with E-state index in [0.29, 0.717) is 6.42 Å². The highest BCUT2D eigenvalue weighted by Gasteiger charge is 2.81. The van der Waals surface area contributed by atoms with Crippen molar-refractivity contribution in [3.8, 4) is 24.3 Å². The van der Waals surface area contributed by atoms with Gasteiger partial charge in [0.25, 0.3) is 0 Å². The summed E-state index contributed by atoms with van der Waals surface area (Å²) in [7, 11) is 0. The molecule has 0 bridgehead atoms. The lowest BCUT2D eigenvalue weighted by atomic mass is 9.29. The maximum Gasteiger partial charge on any atom is 0.114 e. The molecule has 4 aliphatic rings. The van der Waals surface area contributed by atoms with Gasteiger partial charge in [0.05, 0.1) is 41.5 Å². The molecular formula is C29H20N4. The minimum absolute atomic E-state index is 0.106. The summed E-state index contributed by atoms with van der Waals surface area (Å²) in [6.45, 7) is 2.12. The fourth-order valence-electron chi connectivity index (χ4n) is 7.61. The number of allylic oxidation sites excluding steroid dienone is 4. The average molecular weight is 425 g/mol. The SMILES string of the molecule is C[C@@H]1C=C[C@@]23C4=C1C[C@@H](c1ccccc1)[C@@]4(C#N)c1ccccc1[C@]2(C#N)[C@@H](C#N)[C@@H]3C#N. The Bertz CT molecular complexity index is 1440. The van der Waals surface area contributed by atoms with E-state index in [1.54, 1.807) is 0 Å². The first-order chi connectivity index (χ1) is 16.1. The molecule has 0 unspecified atom stereocenters. The van der Waals surface area contributed by atoms with E-state index in [-0.39, 0.29) is 11.8 Å². The molecule has 0 aromatic heterocycles. The first-order valence-corrected chi connectivity index (χ1v) is 11.3. The second-order valence-electron chi connectivity index (χ2n) is 9.68. The van der Waals surface area contributed by atoms with E-state index in [9.17, 15) is 21.0 Å². The predicted molar refractivity (Wildman–Crippen MR) is 121 cm³/mol. The van der Waals surface area contributed by atoms with Gasteiger partial charge in [-0.25, -0.2) is 0 Å². The van der Waals surface area contributed by atoms with Crippen molar-refractivity contribution in [2.75, 3.05) is 0 Å². The molecule has 7 atom stereocenters. The molecule has 0 saturated heterocycles. The molecule has 0 amide bonds. The molecular weight excluding hydrogens is 404 g/mol. The zero-order valence-corrected chi connectivity index (χ0v) is 18.2. The Morgan fingerprint density at radius 2 is 1.48 bits per heavy atom. The van der Waals surface area contributed by atoms with Gasteiger partial charge in [0.1, 0.15) is 10.8 Å². The Morgan fingerprint density at radius 3 is 2.12 bits per heavy atom. The Kier molecular flexibility index (Phi) is 3.69. The number of fused-ring (bicyclic) bond motifs is 3. The van der Waals surface area contributed by atoms with Crippen LogP contribution in [0.1, 0.15) is 36.0 Å². The normalized spacial score (nSPS) is 38.9. The molecule has 2 aromatic rings. The fraction of sp³-hybridized carbons (Fsp3) is 0.310. The number of nitrogens with zero attached hydrogens (tertiary/aromatic N) is 4. The van der Waals surface area contributed by atoms with Crippen LogP contribution in [0.4, 0.5) is 0 Å². The molecule has 1 spiro atoms. The van der Waals surface area contributed by atoms with Crippen molar-refractivity contribution in [3.63, 3.8) is 0 Å². The van der Waals surface area contributed by atoms with E-state index >= 15 is 0 Å². The first kappa shape index (κ1) is 19.6. The number of hydrogen-bond donors (Lipinski definition) is 0. The quantitative estimate of drug-likeness (QED) is 0.588. The van der Waals surface area contributed by atoms with Gasteiger partial charge in [0.15, 0.2) is 0 Å². The zero-order chi connectivity index (χ0) is 23.0. The van der Waals surface area contributed by atoms with Crippen LogP contribution < -0.4 is 0 Å². The molecule has 2 aromatic carbocycles. The van der Waals surface area contributed by atoms with E-state index in [2.05, 4.69) is 49.4 Å². The third-order valence-electron chi connectivity index (χ3n) is 8.83. The third-order valence-corrected chi connectivity index (χ3v) is 8.83. The maximum atomic E-state index is 11.0. The second-order valence-corrected chi connectivity index (χ2v) is 9.68. The number of nitriles is 4. The van der Waals surface area contributed by atoms with E-state index < -0.39 is 28.1 Å². The third kappa shape index (κ3) is 1.80. The van der Waals surface area contributed by atoms with Crippen LogP contribution >= 0.6 is 0 Å². The van der Waals surface area contributed by atoms with Crippen molar-refractivity contribution in [1.82, 2.24) is 0 Å². The van der Waals surface area contributed by atoms with E-state index in [1.165, 1.54) is 0 Å². The molecule has 6 rings (SSSR count). The number of rotatable bonds is 1. The Morgan fingerprint density at radius 1 is 0.818 bits per heavy atom. The molecule has 0 radical (unpaired) electrons. The predicted octanol–water partition coefficient (Wildman–Crippen LogP) is 5.19.